The van der Waals surface area contributed by atoms with Gasteiger partial charge in [0.05, 0.1) is 12.1 Å². The largest absolute Gasteiger partial charge is 0.335 e. The highest BCUT2D eigenvalue weighted by Gasteiger charge is 2.58. The van der Waals surface area contributed by atoms with Gasteiger partial charge in [-0.3, -0.25) is 0 Å². The Labute approximate surface area is 60.9 Å². The van der Waals surface area contributed by atoms with Gasteiger partial charge in [-0.05, 0) is 12.8 Å². The van der Waals surface area contributed by atoms with E-state index in [0.717, 1.165) is 19.4 Å². The number of hydroxylamine groups is 2. The van der Waals surface area contributed by atoms with E-state index in [-0.39, 0.29) is 12.0 Å². The van der Waals surface area contributed by atoms with Crippen LogP contribution in [0.5, 0.6) is 0 Å². The predicted molar refractivity (Wildman–Crippen MR) is 36.0 cm³/mol. The summed E-state index contributed by atoms with van der Waals surface area (Å²) in [6.45, 7) is 5.19. The van der Waals surface area contributed by atoms with Gasteiger partial charge in [0.15, 0.2) is 0 Å². The number of hydrogen-bond acceptors (Lipinski definition) is 3. The highest BCUT2D eigenvalue weighted by molar-refractivity contribution is 4.93. The molecule has 0 aromatic carbocycles. The normalized spacial score (nSPS) is 41.4. The van der Waals surface area contributed by atoms with Crippen LogP contribution in [0.4, 0.5) is 0 Å². The van der Waals surface area contributed by atoms with Crippen molar-refractivity contribution in [3.05, 3.63) is 0 Å². The fourth-order valence-corrected chi connectivity index (χ4v) is 1.56. The minimum atomic E-state index is -0.0000926. The molecule has 0 spiro atoms. The lowest BCUT2D eigenvalue weighted by Crippen LogP contribution is -2.36. The average molecular weight is 143 g/mol. The van der Waals surface area contributed by atoms with Gasteiger partial charge >= 0.3 is 0 Å². The molecule has 0 aliphatic carbocycles. The molecule has 58 valence electrons. The molecule has 0 bridgehead atoms. The molecular formula is C7H13NO2. The molecule has 0 radical (unpaired) electrons. The minimum absolute atomic E-state index is 0.0000926. The Morgan fingerprint density at radius 1 is 1.50 bits per heavy atom. The topological polar surface area (TPSA) is 24.8 Å². The van der Waals surface area contributed by atoms with Crippen molar-refractivity contribution in [3.63, 3.8) is 0 Å². The predicted octanol–water partition coefficient (Wildman–Crippen LogP) is 1.11. The Morgan fingerprint density at radius 2 is 2.20 bits per heavy atom. The van der Waals surface area contributed by atoms with Gasteiger partial charge in [-0.15, -0.1) is 5.06 Å². The summed E-state index contributed by atoms with van der Waals surface area (Å²) >= 11 is 0. The van der Waals surface area contributed by atoms with E-state index in [9.17, 15) is 0 Å². The van der Waals surface area contributed by atoms with Gasteiger partial charge in [0, 0.05) is 0 Å². The van der Waals surface area contributed by atoms with Crippen molar-refractivity contribution in [2.75, 3.05) is 6.61 Å². The maximum absolute atomic E-state index is 5.33. The van der Waals surface area contributed by atoms with Crippen molar-refractivity contribution in [3.8, 4) is 0 Å². The molecule has 2 rings (SSSR count). The molecule has 2 saturated heterocycles. The highest BCUT2D eigenvalue weighted by Crippen LogP contribution is 2.43. The first-order chi connectivity index (χ1) is 4.82. The third-order valence-corrected chi connectivity index (χ3v) is 2.63. The van der Waals surface area contributed by atoms with E-state index in [1.807, 2.05) is 5.06 Å². The van der Waals surface area contributed by atoms with Gasteiger partial charge in [0.2, 0.25) is 0 Å². The first-order valence-corrected chi connectivity index (χ1v) is 3.90. The number of rotatable bonds is 2. The van der Waals surface area contributed by atoms with Crippen molar-refractivity contribution >= 4 is 0 Å². The maximum Gasteiger partial charge on any atom is 0.259 e. The second kappa shape index (κ2) is 1.94. The van der Waals surface area contributed by atoms with E-state index in [0.29, 0.717) is 0 Å². The Hall–Kier alpha value is -0.120. The molecule has 3 nitrogen and oxygen atoms in total. The van der Waals surface area contributed by atoms with Crippen LogP contribution < -0.4 is 0 Å². The molecule has 10 heavy (non-hydrogen) atoms. The summed E-state index contributed by atoms with van der Waals surface area (Å²) < 4.78 is 5.33. The molecule has 0 aromatic heterocycles. The molecule has 2 fully saturated rings. The average Bonchev–Trinajstić information content (AvgIpc) is 2.68. The number of hydrogen-bond donors (Lipinski definition) is 0. The summed E-state index contributed by atoms with van der Waals surface area (Å²) in [5.41, 5.74) is 0.199. The van der Waals surface area contributed by atoms with Crippen LogP contribution in [0.3, 0.4) is 0 Å². The van der Waals surface area contributed by atoms with Crippen LogP contribution in [0.1, 0.15) is 26.7 Å². The Morgan fingerprint density at radius 3 is 2.40 bits per heavy atom. The van der Waals surface area contributed by atoms with E-state index >= 15 is 0 Å². The molecule has 0 amide bonds. The highest BCUT2D eigenvalue weighted by atomic mass is 17.0. The molecule has 2 heterocycles. The number of ether oxygens (including phenoxy) is 1. The van der Waals surface area contributed by atoms with Crippen LogP contribution in [-0.4, -0.2) is 23.6 Å². The lowest BCUT2D eigenvalue weighted by Gasteiger charge is -2.24. The second-order valence-corrected chi connectivity index (χ2v) is 2.98. The van der Waals surface area contributed by atoms with Crippen LogP contribution in [0, 0.1) is 0 Å². The maximum atomic E-state index is 5.33. The lowest BCUT2D eigenvalue weighted by molar-refractivity contribution is -0.0280. The molecule has 2 unspecified atom stereocenters. The van der Waals surface area contributed by atoms with E-state index in [2.05, 4.69) is 13.8 Å². The molecule has 0 saturated carbocycles. The van der Waals surface area contributed by atoms with Gasteiger partial charge in [0.1, 0.15) is 0 Å². The first-order valence-electron chi connectivity index (χ1n) is 3.90. The summed E-state index contributed by atoms with van der Waals surface area (Å²) in [4.78, 5) is 5.16. The zero-order chi connectivity index (χ0) is 7.19. The Kier molecular flexibility index (Phi) is 1.27. The van der Waals surface area contributed by atoms with Crippen molar-refractivity contribution in [1.82, 2.24) is 5.06 Å². The van der Waals surface area contributed by atoms with Crippen LogP contribution in [0.15, 0.2) is 0 Å². The van der Waals surface area contributed by atoms with Crippen molar-refractivity contribution in [2.45, 2.75) is 38.6 Å². The van der Waals surface area contributed by atoms with Crippen LogP contribution in [0.25, 0.3) is 0 Å². The molecular weight excluding hydrogens is 130 g/mol. The molecule has 2 aliphatic rings. The third-order valence-electron chi connectivity index (χ3n) is 2.63. The Balaban J connectivity index is 2.11. The van der Waals surface area contributed by atoms with E-state index in [1.165, 1.54) is 0 Å². The smallest absolute Gasteiger partial charge is 0.259 e. The van der Waals surface area contributed by atoms with Crippen LogP contribution >= 0.6 is 0 Å². The van der Waals surface area contributed by atoms with Crippen molar-refractivity contribution < 1.29 is 9.57 Å². The van der Waals surface area contributed by atoms with Crippen LogP contribution in [-0.2, 0) is 9.57 Å². The fourth-order valence-electron chi connectivity index (χ4n) is 1.56. The van der Waals surface area contributed by atoms with Crippen molar-refractivity contribution in [1.29, 1.82) is 0 Å². The third kappa shape index (κ3) is 0.654. The SMILES string of the molecule is CCC1(CC)COC2ON21. The van der Waals surface area contributed by atoms with E-state index < -0.39 is 0 Å². The quantitative estimate of drug-likeness (QED) is 0.541. The molecule has 0 aromatic rings. The van der Waals surface area contributed by atoms with Crippen molar-refractivity contribution in [2.24, 2.45) is 0 Å². The summed E-state index contributed by atoms with van der Waals surface area (Å²) in [7, 11) is 0. The molecule has 3 heteroatoms. The molecule has 0 N–H and O–H groups in total. The number of fused-ring (bicyclic) bond motifs is 1. The van der Waals surface area contributed by atoms with Gasteiger partial charge < -0.3 is 4.74 Å². The Bertz CT molecular complexity index is 145. The first kappa shape index (κ1) is 6.58. The summed E-state index contributed by atoms with van der Waals surface area (Å²) in [5, 5.41) is 1.98. The summed E-state index contributed by atoms with van der Waals surface area (Å²) in [6.07, 6.45) is 2.22. The second-order valence-electron chi connectivity index (χ2n) is 2.98. The van der Waals surface area contributed by atoms with Crippen LogP contribution in [0.2, 0.25) is 0 Å². The zero-order valence-electron chi connectivity index (χ0n) is 6.46. The van der Waals surface area contributed by atoms with E-state index in [1.54, 1.807) is 0 Å². The molecule has 2 aliphatic heterocycles. The van der Waals surface area contributed by atoms with E-state index in [4.69, 9.17) is 9.57 Å². The summed E-state index contributed by atoms with van der Waals surface area (Å²) in [6, 6.07) is 0. The van der Waals surface area contributed by atoms with Gasteiger partial charge in [-0.2, -0.15) is 0 Å². The van der Waals surface area contributed by atoms with Gasteiger partial charge in [-0.25, -0.2) is 4.84 Å². The summed E-state index contributed by atoms with van der Waals surface area (Å²) in [5.74, 6) is 0. The number of nitrogens with zero attached hydrogens (tertiary/aromatic N) is 1. The monoisotopic (exact) mass is 143 g/mol. The molecule has 2 atom stereocenters. The zero-order valence-corrected chi connectivity index (χ0v) is 6.46. The fraction of sp³-hybridized carbons (Fsp3) is 1.00. The standard InChI is InChI=1S/C7H13NO2/c1-3-7(4-2)5-9-6-8(7)10-6/h6H,3-5H2,1-2H3. The lowest BCUT2D eigenvalue weighted by atomic mass is 9.95. The minimum Gasteiger partial charge on any atom is -0.335 e. The van der Waals surface area contributed by atoms with Gasteiger partial charge in [-0.1, -0.05) is 13.8 Å². The van der Waals surface area contributed by atoms with Gasteiger partial charge in [0.25, 0.3) is 6.41 Å².